The summed E-state index contributed by atoms with van der Waals surface area (Å²) in [5, 5.41) is 15.0. The van der Waals surface area contributed by atoms with E-state index in [9.17, 15) is 23.2 Å². The summed E-state index contributed by atoms with van der Waals surface area (Å²) in [5.41, 5.74) is 9.21. The fraction of sp³-hybridized carbons (Fsp3) is 0.308. The molecule has 1 saturated heterocycles. The molecule has 3 aromatic carbocycles. The number of likely N-dealkylation sites (tertiary alicyclic amines) is 1. The van der Waals surface area contributed by atoms with Crippen LogP contribution in [0.1, 0.15) is 40.8 Å². The third-order valence-electron chi connectivity index (χ3n) is 9.36. The molecule has 6 rings (SSSR count). The fourth-order valence-corrected chi connectivity index (χ4v) is 7.75. The van der Waals surface area contributed by atoms with Gasteiger partial charge in [-0.1, -0.05) is 47.5 Å². The van der Waals surface area contributed by atoms with Crippen LogP contribution in [0.3, 0.4) is 0 Å². The van der Waals surface area contributed by atoms with Gasteiger partial charge in [0.2, 0.25) is 11.8 Å². The highest BCUT2D eigenvalue weighted by molar-refractivity contribution is 7.09. The second-order valence-electron chi connectivity index (χ2n) is 13.2. The van der Waals surface area contributed by atoms with E-state index in [0.29, 0.717) is 22.3 Å². The van der Waals surface area contributed by atoms with E-state index in [1.165, 1.54) is 17.4 Å². The molecule has 54 heavy (non-hydrogen) atoms. The third kappa shape index (κ3) is 9.96. The molecule has 1 fully saturated rings. The van der Waals surface area contributed by atoms with Gasteiger partial charge < -0.3 is 31.6 Å². The molecule has 1 aliphatic rings. The van der Waals surface area contributed by atoms with Crippen molar-refractivity contribution in [1.29, 1.82) is 0 Å². The maximum Gasteiger partial charge on any atom is 0.319 e. The second kappa shape index (κ2) is 18.2. The number of thiophene rings is 1. The van der Waals surface area contributed by atoms with Gasteiger partial charge in [-0.05, 0) is 97.9 Å². The van der Waals surface area contributed by atoms with Gasteiger partial charge in [0.25, 0.3) is 0 Å². The molecule has 0 bridgehead atoms. The van der Waals surface area contributed by atoms with Crippen LogP contribution in [0.25, 0.3) is 10.9 Å². The van der Waals surface area contributed by atoms with Crippen molar-refractivity contribution in [3.05, 3.63) is 122 Å². The molecule has 0 aliphatic carbocycles. The van der Waals surface area contributed by atoms with Crippen LogP contribution in [0.4, 0.5) is 19.3 Å². The molecule has 6 N–H and O–H groups in total. The number of fused-ring (bicyclic) bond motifs is 1. The van der Waals surface area contributed by atoms with Crippen molar-refractivity contribution in [2.45, 2.75) is 57.4 Å². The molecule has 15 heteroatoms. The van der Waals surface area contributed by atoms with E-state index in [2.05, 4.69) is 36.9 Å². The van der Waals surface area contributed by atoms with Gasteiger partial charge in [-0.3, -0.25) is 14.5 Å². The zero-order chi connectivity index (χ0) is 38.2. The lowest BCUT2D eigenvalue weighted by Gasteiger charge is -2.23. The number of nitrogens with one attached hydrogen (secondary N) is 4. The van der Waals surface area contributed by atoms with Crippen LogP contribution >= 0.6 is 34.5 Å². The molecular formula is C39H41Cl2F2N7O3S. The number of nitrogens with two attached hydrogens (primary N) is 1. The summed E-state index contributed by atoms with van der Waals surface area (Å²) in [7, 11) is 0. The first-order valence-electron chi connectivity index (χ1n) is 17.7. The lowest BCUT2D eigenvalue weighted by Crippen LogP contribution is -2.55. The predicted octanol–water partition coefficient (Wildman–Crippen LogP) is 6.81. The van der Waals surface area contributed by atoms with Crippen LogP contribution in [-0.2, 0) is 35.6 Å². The Bertz CT molecular complexity index is 2090. The van der Waals surface area contributed by atoms with Crippen molar-refractivity contribution in [1.82, 2.24) is 25.4 Å². The van der Waals surface area contributed by atoms with Crippen LogP contribution in [0.5, 0.6) is 0 Å². The van der Waals surface area contributed by atoms with Gasteiger partial charge in [0, 0.05) is 50.7 Å². The number of benzene rings is 3. The second-order valence-corrected chi connectivity index (χ2v) is 15.1. The van der Waals surface area contributed by atoms with E-state index in [1.54, 1.807) is 24.3 Å². The number of nitrogens with zero attached hydrogens (tertiary/aromatic N) is 2. The number of carbonyl (C=O) groups is 3. The number of rotatable bonds is 15. The van der Waals surface area contributed by atoms with Gasteiger partial charge in [-0.2, -0.15) is 0 Å². The molecule has 0 spiro atoms. The highest BCUT2D eigenvalue weighted by Gasteiger charge is 2.27. The van der Waals surface area contributed by atoms with Gasteiger partial charge in [-0.15, -0.1) is 11.3 Å². The van der Waals surface area contributed by atoms with Gasteiger partial charge in [0.1, 0.15) is 12.1 Å². The Morgan fingerprint density at radius 2 is 1.65 bits per heavy atom. The van der Waals surface area contributed by atoms with Crippen LogP contribution in [0.15, 0.2) is 78.3 Å². The number of anilines is 1. The average Bonchev–Trinajstić information content (AvgIpc) is 3.93. The Morgan fingerprint density at radius 3 is 2.35 bits per heavy atom. The molecule has 4 amide bonds. The molecular weight excluding hydrogens is 755 g/mol. The molecule has 1 aliphatic heterocycles. The first-order valence-corrected chi connectivity index (χ1v) is 19.3. The van der Waals surface area contributed by atoms with E-state index >= 15 is 0 Å². The minimum absolute atomic E-state index is 0.103. The van der Waals surface area contributed by atoms with Crippen LogP contribution < -0.4 is 27.0 Å². The van der Waals surface area contributed by atoms with Gasteiger partial charge in [-0.25, -0.2) is 13.6 Å². The smallest absolute Gasteiger partial charge is 0.319 e. The van der Waals surface area contributed by atoms with Crippen molar-refractivity contribution in [3.63, 3.8) is 0 Å². The van der Waals surface area contributed by atoms with Crippen molar-refractivity contribution in [2.24, 2.45) is 5.73 Å². The fourth-order valence-electron chi connectivity index (χ4n) is 6.59. The number of halogens is 4. The van der Waals surface area contributed by atoms with E-state index in [1.807, 2.05) is 29.6 Å². The van der Waals surface area contributed by atoms with E-state index in [0.717, 1.165) is 71.5 Å². The molecule has 5 aromatic rings. The molecule has 2 atom stereocenters. The maximum atomic E-state index is 14.2. The number of carbonyl (C=O) groups excluding carboxylic acids is 3. The first-order chi connectivity index (χ1) is 26.1. The quantitative estimate of drug-likeness (QED) is 0.0794. The van der Waals surface area contributed by atoms with Crippen molar-refractivity contribution >= 4 is 69.0 Å². The van der Waals surface area contributed by atoms with Crippen LogP contribution in [0.2, 0.25) is 10.0 Å². The molecule has 284 valence electrons. The number of hydrogen-bond acceptors (Lipinski definition) is 6. The lowest BCUT2D eigenvalue weighted by atomic mass is 10.0. The number of hydrogen-bond donors (Lipinski definition) is 5. The van der Waals surface area contributed by atoms with Crippen molar-refractivity contribution in [2.75, 3.05) is 25.0 Å². The highest BCUT2D eigenvalue weighted by atomic mass is 35.5. The topological polar surface area (TPSA) is 134 Å². The Labute approximate surface area is 326 Å². The van der Waals surface area contributed by atoms with E-state index < -0.39 is 41.6 Å². The normalized spacial score (nSPS) is 14.2. The minimum Gasteiger partial charge on any atom is -0.349 e. The Balaban J connectivity index is 1.22. The van der Waals surface area contributed by atoms with Crippen LogP contribution in [0, 0.1) is 11.6 Å². The van der Waals surface area contributed by atoms with Crippen LogP contribution in [-0.4, -0.2) is 59.0 Å². The highest BCUT2D eigenvalue weighted by Crippen LogP contribution is 2.31. The molecule has 0 radical (unpaired) electrons. The summed E-state index contributed by atoms with van der Waals surface area (Å²) in [6.07, 6.45) is 4.34. The largest absolute Gasteiger partial charge is 0.349 e. The molecule has 3 heterocycles. The monoisotopic (exact) mass is 795 g/mol. The summed E-state index contributed by atoms with van der Waals surface area (Å²) in [6, 6.07) is 14.9. The Hall–Kier alpha value is -4.53. The van der Waals surface area contributed by atoms with Crippen molar-refractivity contribution < 1.29 is 23.2 Å². The van der Waals surface area contributed by atoms with Gasteiger partial charge in [0.05, 0.1) is 18.6 Å². The summed E-state index contributed by atoms with van der Waals surface area (Å²) in [5.74, 6) is -3.29. The molecule has 0 unspecified atom stereocenters. The SMILES string of the molecule is NCC[C@H](NC(=O)[C@H](Cc1ccc(F)c(F)c1)NC(=O)Nc1ccc2c(CN3CCCC3)cn(Cc3c(Cl)cccc3Cl)c2c1)C(=O)NCc1cccs1. The Morgan fingerprint density at radius 1 is 0.870 bits per heavy atom. The molecule has 2 aromatic heterocycles. The Kier molecular flexibility index (Phi) is 13.2. The maximum absolute atomic E-state index is 14.2. The average molecular weight is 797 g/mol. The van der Waals surface area contributed by atoms with Gasteiger partial charge >= 0.3 is 6.03 Å². The third-order valence-corrected chi connectivity index (χ3v) is 10.9. The summed E-state index contributed by atoms with van der Waals surface area (Å²) >= 11 is 14.6. The lowest BCUT2D eigenvalue weighted by molar-refractivity contribution is -0.130. The van der Waals surface area contributed by atoms with Gasteiger partial charge in [0.15, 0.2) is 11.6 Å². The number of amides is 4. The zero-order valence-electron chi connectivity index (χ0n) is 29.3. The molecule has 0 saturated carbocycles. The number of aromatic nitrogens is 1. The minimum atomic E-state index is -1.28. The standard InChI is InChI=1S/C39H41Cl2F2N7O3S/c40-30-6-3-7-31(41)29(30)23-50-22-25(21-49-14-1-2-15-49)28-10-9-26(19-36(28)50)46-39(53)48-35(18-24-8-11-32(42)33(43)17-24)38(52)47-34(12-13-44)37(51)45-20-27-5-4-16-54-27/h3-11,16-17,19,22,34-35H,1-2,12-15,18,20-21,23,44H2,(H,45,51)(H,47,52)(H2,46,48,53)/t34-,35-/m0/s1. The summed E-state index contributed by atoms with van der Waals surface area (Å²) < 4.78 is 30.0. The van der Waals surface area contributed by atoms with Crippen molar-refractivity contribution in [3.8, 4) is 0 Å². The number of urea groups is 1. The summed E-state index contributed by atoms with van der Waals surface area (Å²) in [4.78, 5) is 43.7. The van der Waals surface area contributed by atoms with E-state index in [-0.39, 0.29) is 31.5 Å². The van der Waals surface area contributed by atoms with E-state index in [4.69, 9.17) is 28.9 Å². The zero-order valence-corrected chi connectivity index (χ0v) is 31.7. The predicted molar refractivity (Wildman–Crippen MR) is 210 cm³/mol. The molecule has 10 nitrogen and oxygen atoms in total. The first kappa shape index (κ1) is 39.2. The summed E-state index contributed by atoms with van der Waals surface area (Å²) in [6.45, 7) is 3.58.